The largest absolute Gasteiger partial charge is 0.381 e. The Balaban J connectivity index is 1.53. The molecule has 0 aliphatic carbocycles. The van der Waals surface area contributed by atoms with Gasteiger partial charge in [0.05, 0.1) is 23.3 Å². The van der Waals surface area contributed by atoms with Gasteiger partial charge in [0, 0.05) is 13.0 Å². The number of imidazole rings is 1. The van der Waals surface area contributed by atoms with Crippen LogP contribution in [0.2, 0.25) is 0 Å². The fraction of sp³-hybridized carbons (Fsp3) is 0.357. The molecule has 4 rings (SSSR count). The second-order valence-corrected chi connectivity index (χ2v) is 6.60. The number of nitrogens with one attached hydrogen (secondary N) is 1. The Bertz CT molecular complexity index is 964. The van der Waals surface area contributed by atoms with E-state index in [2.05, 4.69) is 30.7 Å². The van der Waals surface area contributed by atoms with Crippen LogP contribution in [0.1, 0.15) is 22.0 Å². The van der Waals surface area contributed by atoms with Crippen LogP contribution >= 0.6 is 11.3 Å². The van der Waals surface area contributed by atoms with Gasteiger partial charge in [0.1, 0.15) is 11.3 Å². The summed E-state index contributed by atoms with van der Waals surface area (Å²) >= 11 is 1.60. The van der Waals surface area contributed by atoms with Gasteiger partial charge in [-0.1, -0.05) is 11.3 Å². The molecular formula is C14H16N8S. The molecule has 0 saturated carbocycles. The van der Waals surface area contributed by atoms with E-state index in [0.717, 1.165) is 51.2 Å². The van der Waals surface area contributed by atoms with Crippen LogP contribution in [0.15, 0.2) is 12.5 Å². The van der Waals surface area contributed by atoms with Crippen molar-refractivity contribution in [3.63, 3.8) is 0 Å². The molecule has 4 aromatic heterocycles. The zero-order chi connectivity index (χ0) is 16.0. The molecule has 0 radical (unpaired) electrons. The molecule has 1 N–H and O–H groups in total. The fourth-order valence-electron chi connectivity index (χ4n) is 2.55. The minimum absolute atomic E-state index is 0.746. The summed E-state index contributed by atoms with van der Waals surface area (Å²) in [5, 5.41) is 21.3. The molecule has 0 saturated heterocycles. The lowest BCUT2D eigenvalue weighted by molar-refractivity contribution is 0.878. The van der Waals surface area contributed by atoms with Gasteiger partial charge in [-0.3, -0.25) is 0 Å². The van der Waals surface area contributed by atoms with Crippen molar-refractivity contribution in [2.24, 2.45) is 0 Å². The number of nitrogens with zero attached hydrogens (tertiary/aromatic N) is 7. The van der Waals surface area contributed by atoms with Crippen LogP contribution in [0.5, 0.6) is 0 Å². The van der Waals surface area contributed by atoms with Gasteiger partial charge in [-0.2, -0.15) is 14.7 Å². The molecule has 0 atom stereocenters. The van der Waals surface area contributed by atoms with E-state index in [0.29, 0.717) is 0 Å². The first-order valence-electron chi connectivity index (χ1n) is 7.34. The molecule has 23 heavy (non-hydrogen) atoms. The Hall–Kier alpha value is -2.55. The normalized spacial score (nSPS) is 11.6. The van der Waals surface area contributed by atoms with E-state index in [-0.39, 0.29) is 0 Å². The number of hydrogen-bond donors (Lipinski definition) is 1. The van der Waals surface area contributed by atoms with E-state index in [9.17, 15) is 0 Å². The SMILES string of the molecule is Cc1nn2cc(CCNc3c(C)c(C)nn4cnnc34)nc2s1. The molecule has 0 aromatic carbocycles. The quantitative estimate of drug-likeness (QED) is 0.615. The average Bonchev–Trinajstić information content (AvgIpc) is 3.17. The molecule has 0 aliphatic heterocycles. The summed E-state index contributed by atoms with van der Waals surface area (Å²) in [5.41, 5.74) is 4.80. The van der Waals surface area contributed by atoms with E-state index >= 15 is 0 Å². The van der Waals surface area contributed by atoms with Crippen molar-refractivity contribution in [3.8, 4) is 0 Å². The van der Waals surface area contributed by atoms with Crippen LogP contribution in [-0.2, 0) is 6.42 Å². The van der Waals surface area contributed by atoms with Gasteiger partial charge in [0.15, 0.2) is 0 Å². The molecule has 0 fully saturated rings. The first-order chi connectivity index (χ1) is 11.1. The van der Waals surface area contributed by atoms with E-state index in [1.807, 2.05) is 31.5 Å². The summed E-state index contributed by atoms with van der Waals surface area (Å²) in [4.78, 5) is 5.53. The first kappa shape index (κ1) is 14.1. The Morgan fingerprint density at radius 3 is 2.87 bits per heavy atom. The van der Waals surface area contributed by atoms with Crippen LogP contribution in [-0.4, -0.2) is 41.0 Å². The second-order valence-electron chi connectivity index (χ2n) is 5.44. The third-order valence-electron chi connectivity index (χ3n) is 3.81. The molecule has 0 unspecified atom stereocenters. The summed E-state index contributed by atoms with van der Waals surface area (Å²) in [6.07, 6.45) is 4.42. The monoisotopic (exact) mass is 328 g/mol. The predicted molar refractivity (Wildman–Crippen MR) is 88.1 cm³/mol. The van der Waals surface area contributed by atoms with E-state index in [1.165, 1.54) is 0 Å². The maximum Gasteiger partial charge on any atom is 0.212 e. The highest BCUT2D eigenvalue weighted by molar-refractivity contribution is 7.16. The van der Waals surface area contributed by atoms with Crippen LogP contribution in [0.4, 0.5) is 5.69 Å². The molecule has 0 bridgehead atoms. The number of fused-ring (bicyclic) bond motifs is 2. The first-order valence-corrected chi connectivity index (χ1v) is 8.16. The number of aromatic nitrogens is 7. The highest BCUT2D eigenvalue weighted by Gasteiger charge is 2.12. The predicted octanol–water partition coefficient (Wildman–Crippen LogP) is 1.81. The van der Waals surface area contributed by atoms with Gasteiger partial charge in [-0.25, -0.2) is 9.50 Å². The fourth-order valence-corrected chi connectivity index (χ4v) is 3.29. The zero-order valence-corrected chi connectivity index (χ0v) is 13.9. The van der Waals surface area contributed by atoms with Crippen molar-refractivity contribution in [3.05, 3.63) is 34.5 Å². The summed E-state index contributed by atoms with van der Waals surface area (Å²) in [5.74, 6) is 0. The zero-order valence-electron chi connectivity index (χ0n) is 13.1. The van der Waals surface area contributed by atoms with Crippen molar-refractivity contribution >= 4 is 27.6 Å². The van der Waals surface area contributed by atoms with Crippen molar-refractivity contribution in [1.29, 1.82) is 0 Å². The van der Waals surface area contributed by atoms with Crippen molar-refractivity contribution in [2.75, 3.05) is 11.9 Å². The lowest BCUT2D eigenvalue weighted by Gasteiger charge is -2.11. The molecule has 0 spiro atoms. The molecule has 4 heterocycles. The summed E-state index contributed by atoms with van der Waals surface area (Å²) in [6, 6.07) is 0. The molecule has 118 valence electrons. The van der Waals surface area contributed by atoms with E-state index in [4.69, 9.17) is 0 Å². The molecule has 0 aliphatic rings. The van der Waals surface area contributed by atoms with Crippen LogP contribution in [0.25, 0.3) is 10.6 Å². The topological polar surface area (TPSA) is 85.3 Å². The van der Waals surface area contributed by atoms with Crippen molar-refractivity contribution in [1.82, 2.24) is 34.4 Å². The van der Waals surface area contributed by atoms with Gasteiger partial charge >= 0.3 is 0 Å². The minimum Gasteiger partial charge on any atom is -0.381 e. The van der Waals surface area contributed by atoms with Gasteiger partial charge < -0.3 is 5.32 Å². The Morgan fingerprint density at radius 2 is 2.04 bits per heavy atom. The van der Waals surface area contributed by atoms with E-state index < -0.39 is 0 Å². The number of rotatable bonds is 4. The molecule has 0 amide bonds. The minimum atomic E-state index is 0.746. The maximum atomic E-state index is 4.59. The Kier molecular flexibility index (Phi) is 3.22. The third kappa shape index (κ3) is 2.42. The third-order valence-corrected chi connectivity index (χ3v) is 4.64. The van der Waals surface area contributed by atoms with Gasteiger partial charge in [-0.15, -0.1) is 10.2 Å². The molecular weight excluding hydrogens is 312 g/mol. The van der Waals surface area contributed by atoms with Crippen molar-refractivity contribution < 1.29 is 0 Å². The highest BCUT2D eigenvalue weighted by Crippen LogP contribution is 2.21. The average molecular weight is 328 g/mol. The molecule has 8 nitrogen and oxygen atoms in total. The van der Waals surface area contributed by atoms with Crippen molar-refractivity contribution in [2.45, 2.75) is 27.2 Å². The lowest BCUT2D eigenvalue weighted by atomic mass is 10.2. The standard InChI is InChI=1S/C14H16N8S/c1-8-9(2)19-22-7-16-18-13(22)12(8)15-5-4-11-6-21-14(17-11)23-10(3)20-21/h6-7,15H,4-5H2,1-3H3. The van der Waals surface area contributed by atoms with Gasteiger partial charge in [0.25, 0.3) is 0 Å². The highest BCUT2D eigenvalue weighted by atomic mass is 32.1. The molecule has 9 heteroatoms. The van der Waals surface area contributed by atoms with Crippen LogP contribution < -0.4 is 5.32 Å². The maximum absolute atomic E-state index is 4.59. The van der Waals surface area contributed by atoms with Gasteiger partial charge in [-0.05, 0) is 26.3 Å². The number of hydrogen-bond acceptors (Lipinski definition) is 7. The summed E-state index contributed by atoms with van der Waals surface area (Å²) in [6.45, 7) is 6.77. The number of anilines is 1. The summed E-state index contributed by atoms with van der Waals surface area (Å²) < 4.78 is 3.54. The van der Waals surface area contributed by atoms with Crippen LogP contribution in [0.3, 0.4) is 0 Å². The van der Waals surface area contributed by atoms with Crippen LogP contribution in [0, 0.1) is 20.8 Å². The Morgan fingerprint density at radius 1 is 1.17 bits per heavy atom. The van der Waals surface area contributed by atoms with Gasteiger partial charge in [0.2, 0.25) is 10.6 Å². The smallest absolute Gasteiger partial charge is 0.212 e. The summed E-state index contributed by atoms with van der Waals surface area (Å²) in [7, 11) is 0. The molecule has 4 aromatic rings. The lowest BCUT2D eigenvalue weighted by Crippen LogP contribution is -2.10. The Labute approximate surface area is 136 Å². The second kappa shape index (κ2) is 5.27. The van der Waals surface area contributed by atoms with E-state index in [1.54, 1.807) is 22.2 Å². The number of aryl methyl sites for hydroxylation is 2.